The van der Waals surface area contributed by atoms with Crippen molar-refractivity contribution in [2.24, 2.45) is 34.5 Å². The Kier molecular flexibility index (Phi) is 5.54. The van der Waals surface area contributed by atoms with E-state index in [0.717, 1.165) is 51.4 Å². The van der Waals surface area contributed by atoms with Crippen LogP contribution < -0.4 is 0 Å². The highest BCUT2D eigenvalue weighted by molar-refractivity contribution is 5.87. The molecule has 0 aromatic rings. The van der Waals surface area contributed by atoms with Gasteiger partial charge in [-0.3, -0.25) is 9.59 Å². The fraction of sp³-hybridized carbons (Fsp3) is 0.909. The molecule has 0 heterocycles. The van der Waals surface area contributed by atoms with Crippen LogP contribution in [0.2, 0.25) is 0 Å². The van der Waals surface area contributed by atoms with Crippen molar-refractivity contribution in [3.8, 4) is 0 Å². The van der Waals surface area contributed by atoms with E-state index in [1.54, 1.807) is 0 Å². The number of hydrogen-bond acceptors (Lipinski definition) is 4. The molecule has 7 atom stereocenters. The average molecular weight is 365 g/mol. The van der Waals surface area contributed by atoms with Crippen LogP contribution in [-0.2, 0) is 14.3 Å². The number of aliphatic hydroxyl groups is 1. The molecule has 2 unspecified atom stereocenters. The van der Waals surface area contributed by atoms with Gasteiger partial charge in [-0.1, -0.05) is 20.8 Å². The topological polar surface area (TPSA) is 63.6 Å². The molecular formula is C22H36O4. The Morgan fingerprint density at radius 2 is 1.92 bits per heavy atom. The molecule has 0 aliphatic heterocycles. The van der Waals surface area contributed by atoms with Crippen LogP contribution in [0.5, 0.6) is 0 Å². The van der Waals surface area contributed by atoms with E-state index in [9.17, 15) is 14.7 Å². The van der Waals surface area contributed by atoms with E-state index in [1.807, 2.05) is 0 Å². The van der Waals surface area contributed by atoms with Crippen LogP contribution in [0.3, 0.4) is 0 Å². The van der Waals surface area contributed by atoms with Gasteiger partial charge >= 0.3 is 5.97 Å². The van der Waals surface area contributed by atoms with Gasteiger partial charge in [0.1, 0.15) is 5.78 Å². The first-order chi connectivity index (χ1) is 12.2. The number of aliphatic hydroxyl groups excluding tert-OH is 1. The summed E-state index contributed by atoms with van der Waals surface area (Å²) in [6, 6.07) is 0. The van der Waals surface area contributed by atoms with Gasteiger partial charge in [0.15, 0.2) is 0 Å². The van der Waals surface area contributed by atoms with E-state index in [4.69, 9.17) is 4.74 Å². The van der Waals surface area contributed by atoms with Gasteiger partial charge < -0.3 is 9.84 Å². The van der Waals surface area contributed by atoms with E-state index in [-0.39, 0.29) is 22.9 Å². The van der Waals surface area contributed by atoms with E-state index in [0.29, 0.717) is 36.1 Å². The number of ether oxygens (including phenoxy) is 1. The van der Waals surface area contributed by atoms with E-state index in [2.05, 4.69) is 20.8 Å². The smallest absolute Gasteiger partial charge is 0.302 e. The molecule has 0 aromatic carbocycles. The lowest BCUT2D eigenvalue weighted by Gasteiger charge is -2.55. The van der Waals surface area contributed by atoms with Crippen molar-refractivity contribution < 1.29 is 19.4 Å². The third-order valence-electron chi connectivity index (χ3n) is 8.51. The van der Waals surface area contributed by atoms with Crippen molar-refractivity contribution >= 4 is 11.8 Å². The highest BCUT2D eigenvalue weighted by Gasteiger charge is 2.57. The number of hydrogen-bond donors (Lipinski definition) is 1. The second kappa shape index (κ2) is 7.26. The van der Waals surface area contributed by atoms with E-state index in [1.165, 1.54) is 6.92 Å². The lowest BCUT2D eigenvalue weighted by Crippen LogP contribution is -2.50. The van der Waals surface area contributed by atoms with Gasteiger partial charge in [0, 0.05) is 18.8 Å². The van der Waals surface area contributed by atoms with Crippen LogP contribution in [0.4, 0.5) is 0 Å². The molecule has 3 aliphatic carbocycles. The molecule has 3 saturated carbocycles. The normalized spacial score (nSPS) is 46.0. The zero-order valence-corrected chi connectivity index (χ0v) is 16.9. The van der Waals surface area contributed by atoms with E-state index < -0.39 is 0 Å². The largest absolute Gasteiger partial charge is 0.466 e. The minimum Gasteiger partial charge on any atom is -0.466 e. The zero-order chi connectivity index (χ0) is 19.1. The molecule has 4 heteroatoms. The Bertz CT molecular complexity index is 558. The van der Waals surface area contributed by atoms with Crippen LogP contribution in [0.15, 0.2) is 0 Å². The molecule has 148 valence electrons. The van der Waals surface area contributed by atoms with Crippen molar-refractivity contribution in [3.63, 3.8) is 0 Å². The zero-order valence-electron chi connectivity index (χ0n) is 16.9. The average Bonchev–Trinajstić information content (AvgIpc) is 2.87. The maximum Gasteiger partial charge on any atom is 0.302 e. The fourth-order valence-electron chi connectivity index (χ4n) is 6.87. The van der Waals surface area contributed by atoms with Gasteiger partial charge in [-0.2, -0.15) is 0 Å². The molecule has 3 rings (SSSR count). The third kappa shape index (κ3) is 3.34. The fourth-order valence-corrected chi connectivity index (χ4v) is 6.87. The summed E-state index contributed by atoms with van der Waals surface area (Å²) in [4.78, 5) is 23.6. The van der Waals surface area contributed by atoms with Crippen LogP contribution in [0, 0.1) is 34.5 Å². The molecular weight excluding hydrogens is 328 g/mol. The van der Waals surface area contributed by atoms with Crippen LogP contribution in [0.1, 0.15) is 79.1 Å². The van der Waals surface area contributed by atoms with Crippen molar-refractivity contribution in [3.05, 3.63) is 0 Å². The second-order valence-corrected chi connectivity index (χ2v) is 9.75. The second-order valence-electron chi connectivity index (χ2n) is 9.75. The first-order valence-electron chi connectivity index (χ1n) is 10.5. The summed E-state index contributed by atoms with van der Waals surface area (Å²) in [5.74, 6) is 2.25. The molecule has 0 radical (unpaired) electrons. The van der Waals surface area contributed by atoms with Crippen LogP contribution in [-0.4, -0.2) is 29.6 Å². The van der Waals surface area contributed by atoms with Crippen molar-refractivity contribution in [2.75, 3.05) is 6.61 Å². The molecule has 4 nitrogen and oxygen atoms in total. The maximum atomic E-state index is 12.5. The number of ketones is 1. The number of fused-ring (bicyclic) bond motifs is 1. The lowest BCUT2D eigenvalue weighted by atomic mass is 9.49. The SMILES string of the molecule is CC(=O)OCC[C@H]1C[C@@H](O)CC[C@]1(C)C1CC[C@]2(C)C(=O)CCC2[C@@H]1C. The first kappa shape index (κ1) is 19.9. The Labute approximate surface area is 158 Å². The van der Waals surface area contributed by atoms with Gasteiger partial charge in [-0.15, -0.1) is 0 Å². The van der Waals surface area contributed by atoms with Gasteiger partial charge in [0.05, 0.1) is 12.7 Å². The Morgan fingerprint density at radius 3 is 2.62 bits per heavy atom. The number of rotatable bonds is 4. The summed E-state index contributed by atoms with van der Waals surface area (Å²) in [6.07, 6.45) is 7.22. The quantitative estimate of drug-likeness (QED) is 0.762. The monoisotopic (exact) mass is 364 g/mol. The first-order valence-corrected chi connectivity index (χ1v) is 10.5. The van der Waals surface area contributed by atoms with Gasteiger partial charge in [-0.05, 0) is 74.0 Å². The summed E-state index contributed by atoms with van der Waals surface area (Å²) < 4.78 is 5.22. The third-order valence-corrected chi connectivity index (χ3v) is 8.51. The number of carbonyl (C=O) groups is 2. The molecule has 0 spiro atoms. The minimum absolute atomic E-state index is 0.103. The van der Waals surface area contributed by atoms with Crippen LogP contribution >= 0.6 is 0 Å². The van der Waals surface area contributed by atoms with Crippen LogP contribution in [0.25, 0.3) is 0 Å². The summed E-state index contributed by atoms with van der Waals surface area (Å²) >= 11 is 0. The van der Waals surface area contributed by atoms with E-state index >= 15 is 0 Å². The van der Waals surface area contributed by atoms with Gasteiger partial charge in [0.2, 0.25) is 0 Å². The molecule has 26 heavy (non-hydrogen) atoms. The Morgan fingerprint density at radius 1 is 1.19 bits per heavy atom. The number of esters is 1. The summed E-state index contributed by atoms with van der Waals surface area (Å²) in [5, 5.41) is 10.3. The Hall–Kier alpha value is -0.900. The predicted molar refractivity (Wildman–Crippen MR) is 100 cm³/mol. The summed E-state index contributed by atoms with van der Waals surface area (Å²) in [5.41, 5.74) is 0.0550. The Balaban J connectivity index is 1.78. The molecule has 0 amide bonds. The highest BCUT2D eigenvalue weighted by atomic mass is 16.5. The van der Waals surface area contributed by atoms with Crippen molar-refractivity contribution in [2.45, 2.75) is 85.2 Å². The molecule has 3 fully saturated rings. The highest BCUT2D eigenvalue weighted by Crippen LogP contribution is 2.61. The van der Waals surface area contributed by atoms with Crippen molar-refractivity contribution in [1.82, 2.24) is 0 Å². The molecule has 1 N–H and O–H groups in total. The molecule has 0 saturated heterocycles. The maximum absolute atomic E-state index is 12.5. The summed E-state index contributed by atoms with van der Waals surface area (Å²) in [6.45, 7) is 8.87. The van der Waals surface area contributed by atoms with Crippen molar-refractivity contribution in [1.29, 1.82) is 0 Å². The lowest BCUT2D eigenvalue weighted by molar-refractivity contribution is -0.143. The number of Topliss-reactive ketones (excluding diaryl/α,β-unsaturated/α-hetero) is 1. The standard InChI is InChI=1S/C22H36O4/c1-14-18-5-6-20(25)22(18,4)11-8-19(14)21(3)10-7-17(24)13-16(21)9-12-26-15(2)23/h14,16-19,24H,5-13H2,1-4H3/t14-,16-,17-,18?,19?,21-,22-/m0/s1. The molecule has 0 aromatic heterocycles. The van der Waals surface area contributed by atoms with Gasteiger partial charge in [0.25, 0.3) is 0 Å². The minimum atomic E-state index is -0.234. The molecule has 3 aliphatic rings. The van der Waals surface area contributed by atoms with Gasteiger partial charge in [-0.25, -0.2) is 0 Å². The molecule has 0 bridgehead atoms. The predicted octanol–water partition coefficient (Wildman–Crippen LogP) is 4.14. The number of carbonyl (C=O) groups excluding carboxylic acids is 2. The summed E-state index contributed by atoms with van der Waals surface area (Å²) in [7, 11) is 0.